The summed E-state index contributed by atoms with van der Waals surface area (Å²) in [5.74, 6) is 0.337. The lowest BCUT2D eigenvalue weighted by Gasteiger charge is -2.31. The monoisotopic (exact) mass is 506 g/mol. The average Bonchev–Trinajstić information content (AvgIpc) is 2.92. The van der Waals surface area contributed by atoms with Crippen LogP contribution in [0.5, 0.6) is 11.5 Å². The number of likely N-dealkylation sites (N-methyl/N-ethyl adjacent to an activating group) is 1. The van der Waals surface area contributed by atoms with E-state index < -0.39 is 11.9 Å². The molecule has 0 bridgehead atoms. The Morgan fingerprint density at radius 1 is 0.892 bits per heavy atom. The molecule has 0 aromatic heterocycles. The molecule has 0 aliphatic carbocycles. The summed E-state index contributed by atoms with van der Waals surface area (Å²) in [6, 6.07) is 20.7. The number of carbonyl (C=O) groups is 2. The molecule has 0 saturated heterocycles. The second kappa shape index (κ2) is 14.0. The number of benzene rings is 3. The average molecular weight is 507 g/mol. The molecule has 0 aliphatic rings. The molecule has 0 unspecified atom stereocenters. The first kappa shape index (κ1) is 27.7. The molecule has 196 valence electrons. The van der Waals surface area contributed by atoms with Crippen LogP contribution in [-0.2, 0) is 29.0 Å². The summed E-state index contributed by atoms with van der Waals surface area (Å²) < 4.78 is 25.9. The van der Waals surface area contributed by atoms with E-state index in [1.807, 2.05) is 62.4 Å². The zero-order valence-corrected chi connectivity index (χ0v) is 21.7. The molecule has 0 radical (unpaired) electrons. The summed E-state index contributed by atoms with van der Waals surface area (Å²) in [6.45, 7) is 4.81. The molecular formula is C30H35FN2O4. The Hall–Kier alpha value is -3.87. The van der Waals surface area contributed by atoms with Crippen LogP contribution in [0.3, 0.4) is 0 Å². The van der Waals surface area contributed by atoms with E-state index in [1.165, 1.54) is 11.0 Å². The maximum Gasteiger partial charge on any atom is 0.242 e. The largest absolute Gasteiger partial charge is 0.490 e. The van der Waals surface area contributed by atoms with Gasteiger partial charge in [-0.05, 0) is 49.6 Å². The van der Waals surface area contributed by atoms with Crippen LogP contribution >= 0.6 is 0 Å². The lowest BCUT2D eigenvalue weighted by atomic mass is 10.0. The Labute approximate surface area is 218 Å². The Bertz CT molecular complexity index is 1170. The molecule has 0 heterocycles. The van der Waals surface area contributed by atoms with Crippen molar-refractivity contribution in [1.29, 1.82) is 0 Å². The fourth-order valence-electron chi connectivity index (χ4n) is 4.18. The molecule has 0 saturated carbocycles. The molecule has 7 heteroatoms. The third-order valence-corrected chi connectivity index (χ3v) is 6.05. The quantitative estimate of drug-likeness (QED) is 0.357. The molecule has 1 N–H and O–H groups in total. The summed E-state index contributed by atoms with van der Waals surface area (Å²) in [5, 5.41) is 2.68. The van der Waals surface area contributed by atoms with Crippen LogP contribution in [0.25, 0.3) is 0 Å². The molecule has 0 fully saturated rings. The van der Waals surface area contributed by atoms with Gasteiger partial charge in [0.1, 0.15) is 11.9 Å². The number of ether oxygens (including phenoxy) is 2. The van der Waals surface area contributed by atoms with Crippen molar-refractivity contribution in [1.82, 2.24) is 10.2 Å². The molecular weight excluding hydrogens is 471 g/mol. The number of hydrogen-bond donors (Lipinski definition) is 1. The molecule has 0 spiro atoms. The number of halogens is 1. The fraction of sp³-hybridized carbons (Fsp3) is 0.333. The maximum absolute atomic E-state index is 14.6. The predicted molar refractivity (Wildman–Crippen MR) is 142 cm³/mol. The number of amides is 2. The summed E-state index contributed by atoms with van der Waals surface area (Å²) >= 11 is 0. The first-order chi connectivity index (χ1) is 18.0. The van der Waals surface area contributed by atoms with Crippen LogP contribution in [0.15, 0.2) is 72.8 Å². The first-order valence-electron chi connectivity index (χ1n) is 12.6. The summed E-state index contributed by atoms with van der Waals surface area (Å²) in [4.78, 5) is 28.1. The van der Waals surface area contributed by atoms with E-state index in [4.69, 9.17) is 9.47 Å². The number of nitrogens with zero attached hydrogens (tertiary/aromatic N) is 1. The van der Waals surface area contributed by atoms with Gasteiger partial charge in [0.15, 0.2) is 11.5 Å². The highest BCUT2D eigenvalue weighted by Gasteiger charge is 2.30. The standard InChI is InChI=1S/C30H35FN2O4/c1-4-36-27-17-15-23(20-28(27)37-5-2)16-18-29(34)33(21-24-13-9-10-14-25(24)31)26(30(35)32-3)19-22-11-7-6-8-12-22/h6-15,17,20,26H,4-5,16,18-19,21H2,1-3H3,(H,32,35)/t26-/m0/s1. The molecule has 37 heavy (non-hydrogen) atoms. The summed E-state index contributed by atoms with van der Waals surface area (Å²) in [5.41, 5.74) is 2.18. The van der Waals surface area contributed by atoms with Crippen LogP contribution < -0.4 is 14.8 Å². The van der Waals surface area contributed by atoms with Crippen LogP contribution in [0.4, 0.5) is 4.39 Å². The SMILES string of the molecule is CCOc1ccc(CCC(=O)N(Cc2ccccc2F)[C@@H](Cc2ccccc2)C(=O)NC)cc1OCC. The van der Waals surface area contributed by atoms with E-state index in [2.05, 4.69) is 5.32 Å². The smallest absolute Gasteiger partial charge is 0.242 e. The molecule has 3 rings (SSSR count). The highest BCUT2D eigenvalue weighted by atomic mass is 19.1. The van der Waals surface area contributed by atoms with Crippen molar-refractivity contribution < 1.29 is 23.5 Å². The van der Waals surface area contributed by atoms with E-state index in [9.17, 15) is 14.0 Å². The molecule has 2 amide bonds. The molecule has 1 atom stereocenters. The second-order valence-electron chi connectivity index (χ2n) is 8.58. The molecule has 3 aromatic rings. The lowest BCUT2D eigenvalue weighted by molar-refractivity contribution is -0.141. The van der Waals surface area contributed by atoms with E-state index in [0.29, 0.717) is 43.1 Å². The van der Waals surface area contributed by atoms with Gasteiger partial charge >= 0.3 is 0 Å². The van der Waals surface area contributed by atoms with E-state index >= 15 is 0 Å². The van der Waals surface area contributed by atoms with Crippen molar-refractivity contribution in [2.75, 3.05) is 20.3 Å². The van der Waals surface area contributed by atoms with Crippen LogP contribution in [0.1, 0.15) is 37.0 Å². The van der Waals surface area contributed by atoms with Crippen molar-refractivity contribution in [2.45, 2.75) is 45.7 Å². The fourth-order valence-corrected chi connectivity index (χ4v) is 4.18. The van der Waals surface area contributed by atoms with Gasteiger partial charge < -0.3 is 19.7 Å². The zero-order valence-electron chi connectivity index (χ0n) is 21.7. The van der Waals surface area contributed by atoms with Gasteiger partial charge in [-0.25, -0.2) is 4.39 Å². The number of nitrogens with one attached hydrogen (secondary N) is 1. The minimum Gasteiger partial charge on any atom is -0.490 e. The van der Waals surface area contributed by atoms with E-state index in [-0.39, 0.29) is 24.8 Å². The highest BCUT2D eigenvalue weighted by molar-refractivity contribution is 5.88. The maximum atomic E-state index is 14.6. The van der Waals surface area contributed by atoms with Crippen LogP contribution in [0, 0.1) is 5.82 Å². The molecule has 0 aliphatic heterocycles. The highest BCUT2D eigenvalue weighted by Crippen LogP contribution is 2.29. The Morgan fingerprint density at radius 2 is 1.57 bits per heavy atom. The third-order valence-electron chi connectivity index (χ3n) is 6.05. The normalized spacial score (nSPS) is 11.5. The van der Waals surface area contributed by atoms with Gasteiger partial charge in [0, 0.05) is 32.0 Å². The van der Waals surface area contributed by atoms with Gasteiger partial charge in [-0.1, -0.05) is 54.6 Å². The van der Waals surface area contributed by atoms with Crippen molar-refractivity contribution >= 4 is 11.8 Å². The zero-order chi connectivity index (χ0) is 26.6. The first-order valence-corrected chi connectivity index (χ1v) is 12.6. The van der Waals surface area contributed by atoms with Gasteiger partial charge in [0.2, 0.25) is 11.8 Å². The topological polar surface area (TPSA) is 67.9 Å². The number of aryl methyl sites for hydroxylation is 1. The second-order valence-corrected chi connectivity index (χ2v) is 8.58. The number of rotatable bonds is 13. The Morgan fingerprint density at radius 3 is 2.24 bits per heavy atom. The van der Waals surface area contributed by atoms with Crippen molar-refractivity contribution in [3.05, 3.63) is 95.3 Å². The van der Waals surface area contributed by atoms with E-state index in [0.717, 1.165) is 11.1 Å². The minimum atomic E-state index is -0.793. The summed E-state index contributed by atoms with van der Waals surface area (Å²) in [6.07, 6.45) is 0.902. The number of carbonyl (C=O) groups excluding carboxylic acids is 2. The van der Waals surface area contributed by atoms with Gasteiger partial charge in [-0.3, -0.25) is 9.59 Å². The van der Waals surface area contributed by atoms with Crippen LogP contribution in [-0.4, -0.2) is 43.0 Å². The number of hydrogen-bond acceptors (Lipinski definition) is 4. The molecule has 3 aromatic carbocycles. The van der Waals surface area contributed by atoms with Gasteiger partial charge in [-0.2, -0.15) is 0 Å². The van der Waals surface area contributed by atoms with Gasteiger partial charge in [-0.15, -0.1) is 0 Å². The molecule has 6 nitrogen and oxygen atoms in total. The minimum absolute atomic E-state index is 0.0100. The van der Waals surface area contributed by atoms with Gasteiger partial charge in [0.25, 0.3) is 0 Å². The van der Waals surface area contributed by atoms with E-state index in [1.54, 1.807) is 25.2 Å². The predicted octanol–water partition coefficient (Wildman–Crippen LogP) is 4.94. The van der Waals surface area contributed by atoms with Crippen molar-refractivity contribution in [2.24, 2.45) is 0 Å². The Balaban J connectivity index is 1.87. The third kappa shape index (κ3) is 7.81. The summed E-state index contributed by atoms with van der Waals surface area (Å²) in [7, 11) is 1.54. The van der Waals surface area contributed by atoms with Gasteiger partial charge in [0.05, 0.1) is 13.2 Å². The van der Waals surface area contributed by atoms with Crippen molar-refractivity contribution in [3.8, 4) is 11.5 Å². The Kier molecular flexibility index (Phi) is 10.5. The van der Waals surface area contributed by atoms with Crippen molar-refractivity contribution in [3.63, 3.8) is 0 Å². The van der Waals surface area contributed by atoms with Crippen LogP contribution in [0.2, 0.25) is 0 Å². The lowest BCUT2D eigenvalue weighted by Crippen LogP contribution is -2.49.